The maximum absolute atomic E-state index is 10.9. The van der Waals surface area contributed by atoms with Crippen molar-refractivity contribution in [1.29, 1.82) is 0 Å². The van der Waals surface area contributed by atoms with Crippen molar-refractivity contribution in [3.05, 3.63) is 27.8 Å². The van der Waals surface area contributed by atoms with E-state index in [9.17, 15) is 18.5 Å². The van der Waals surface area contributed by atoms with E-state index in [1.165, 1.54) is 6.07 Å². The summed E-state index contributed by atoms with van der Waals surface area (Å²) in [5.74, 6) is -0.0274. The third-order valence-corrected chi connectivity index (χ3v) is 2.71. The lowest BCUT2D eigenvalue weighted by Crippen LogP contribution is -2.09. The Morgan fingerprint density at radius 1 is 1.33 bits per heavy atom. The van der Waals surface area contributed by atoms with Gasteiger partial charge in [0.05, 0.1) is 17.2 Å². The summed E-state index contributed by atoms with van der Waals surface area (Å²) >= 11 is 0. The van der Waals surface area contributed by atoms with E-state index in [1.54, 1.807) is 6.92 Å². The number of nitro groups is 1. The molecule has 1 unspecified atom stereocenters. The second kappa shape index (κ2) is 6.66. The Labute approximate surface area is 109 Å². The average Bonchev–Trinajstić information content (AvgIpc) is 2.23. The van der Waals surface area contributed by atoms with Gasteiger partial charge in [0.1, 0.15) is 0 Å². The molecule has 1 atom stereocenters. The number of nitro benzene ring substituents is 1. The van der Waals surface area contributed by atoms with Gasteiger partial charge in [-0.1, -0.05) is 23.1 Å². The lowest BCUT2D eigenvalue weighted by Gasteiger charge is -2.07. The third kappa shape index (κ3) is 4.98. The van der Waals surface area contributed by atoms with Gasteiger partial charge in [0.25, 0.3) is 5.69 Å². The number of hydrogen-bond donors (Lipinski definition) is 0. The van der Waals surface area contributed by atoms with Gasteiger partial charge in [-0.2, -0.15) is 8.42 Å². The van der Waals surface area contributed by atoms with Gasteiger partial charge >= 0.3 is 10.1 Å². The van der Waals surface area contributed by atoms with E-state index in [0.717, 1.165) is 12.3 Å². The molecule has 102 valence electrons. The SMILES string of the molecule is CC.Cc1cc(P)c([N+](=O)[O-])cc1OS(C)(=O)=O. The summed E-state index contributed by atoms with van der Waals surface area (Å²) in [5.41, 5.74) is 0.315. The molecule has 0 spiro atoms. The van der Waals surface area contributed by atoms with Gasteiger partial charge in [0, 0.05) is 5.30 Å². The van der Waals surface area contributed by atoms with Crippen LogP contribution in [0.3, 0.4) is 0 Å². The molecular formula is C10H16NO5PS. The highest BCUT2D eigenvalue weighted by atomic mass is 32.2. The minimum atomic E-state index is -3.68. The maximum Gasteiger partial charge on any atom is 0.306 e. The summed E-state index contributed by atoms with van der Waals surface area (Å²) in [6, 6.07) is 2.57. The highest BCUT2D eigenvalue weighted by Gasteiger charge is 2.17. The molecule has 0 aliphatic heterocycles. The zero-order chi connectivity index (χ0) is 14.5. The molecule has 0 bridgehead atoms. The van der Waals surface area contributed by atoms with Crippen molar-refractivity contribution >= 4 is 30.3 Å². The summed E-state index contributed by atoms with van der Waals surface area (Å²) in [7, 11) is -1.47. The predicted octanol–water partition coefficient (Wildman–Crippen LogP) is 1.77. The Morgan fingerprint density at radius 3 is 2.22 bits per heavy atom. The van der Waals surface area contributed by atoms with Crippen molar-refractivity contribution in [2.45, 2.75) is 20.8 Å². The van der Waals surface area contributed by atoms with Crippen molar-refractivity contribution < 1.29 is 17.5 Å². The molecule has 0 amide bonds. The highest BCUT2D eigenvalue weighted by Crippen LogP contribution is 2.25. The molecule has 0 aromatic heterocycles. The number of nitrogens with zero attached hydrogens (tertiary/aromatic N) is 1. The third-order valence-electron chi connectivity index (χ3n) is 1.76. The Morgan fingerprint density at radius 2 is 1.83 bits per heavy atom. The second-order valence-corrected chi connectivity index (χ2v) is 5.42. The normalized spacial score (nSPS) is 10.3. The van der Waals surface area contributed by atoms with Crippen LogP contribution in [0.5, 0.6) is 5.75 Å². The van der Waals surface area contributed by atoms with Crippen LogP contribution in [0.15, 0.2) is 12.1 Å². The molecule has 0 radical (unpaired) electrons. The molecule has 1 aromatic carbocycles. The van der Waals surface area contributed by atoms with Crippen molar-refractivity contribution in [2.24, 2.45) is 0 Å². The largest absolute Gasteiger partial charge is 0.382 e. The van der Waals surface area contributed by atoms with E-state index in [4.69, 9.17) is 0 Å². The molecule has 0 heterocycles. The first-order valence-electron chi connectivity index (χ1n) is 5.14. The van der Waals surface area contributed by atoms with Gasteiger partial charge in [-0.05, 0) is 18.6 Å². The number of hydrogen-bond acceptors (Lipinski definition) is 5. The van der Waals surface area contributed by atoms with Crippen LogP contribution in [-0.4, -0.2) is 19.6 Å². The fourth-order valence-corrected chi connectivity index (χ4v) is 2.06. The number of rotatable bonds is 3. The summed E-state index contributed by atoms with van der Waals surface area (Å²) in [6.45, 7) is 5.61. The topological polar surface area (TPSA) is 86.5 Å². The van der Waals surface area contributed by atoms with Gasteiger partial charge in [-0.15, -0.1) is 0 Å². The molecule has 0 saturated carbocycles. The first kappa shape index (κ1) is 16.8. The fraction of sp³-hybridized carbons (Fsp3) is 0.400. The van der Waals surface area contributed by atoms with Crippen molar-refractivity contribution in [2.75, 3.05) is 6.26 Å². The minimum absolute atomic E-state index is 0.0274. The van der Waals surface area contributed by atoms with Crippen LogP contribution in [0.2, 0.25) is 0 Å². The summed E-state index contributed by atoms with van der Waals surface area (Å²) < 4.78 is 26.5. The molecule has 18 heavy (non-hydrogen) atoms. The van der Waals surface area contributed by atoms with Crippen molar-refractivity contribution in [1.82, 2.24) is 0 Å². The molecule has 0 aliphatic rings. The van der Waals surface area contributed by atoms with Crippen LogP contribution >= 0.6 is 9.24 Å². The lowest BCUT2D eigenvalue weighted by molar-refractivity contribution is -0.383. The Bertz CT molecular complexity index is 541. The quantitative estimate of drug-likeness (QED) is 0.367. The van der Waals surface area contributed by atoms with Gasteiger partial charge in [-0.25, -0.2) is 0 Å². The summed E-state index contributed by atoms with van der Waals surface area (Å²) in [6.07, 6.45) is 0.882. The Kier molecular flexibility index (Phi) is 6.21. The minimum Gasteiger partial charge on any atom is -0.382 e. The molecule has 0 aliphatic carbocycles. The average molecular weight is 293 g/mol. The summed E-state index contributed by atoms with van der Waals surface area (Å²) in [5, 5.41) is 11.0. The molecule has 8 heteroatoms. The van der Waals surface area contributed by atoms with Crippen molar-refractivity contribution in [3.63, 3.8) is 0 Å². The Hall–Kier alpha value is -1.20. The second-order valence-electron chi connectivity index (χ2n) is 3.22. The van der Waals surface area contributed by atoms with Crippen LogP contribution in [0.4, 0.5) is 5.69 Å². The van der Waals surface area contributed by atoms with E-state index in [0.29, 0.717) is 10.9 Å². The standard InChI is InChI=1S/C8H10NO5PS.C2H6/c1-5-3-8(15)6(9(10)11)4-7(5)14-16(2,12)13;1-2/h3-4H,15H2,1-2H3;1-2H3. The summed E-state index contributed by atoms with van der Waals surface area (Å²) in [4.78, 5) is 10.0. The van der Waals surface area contributed by atoms with Gasteiger partial charge in [-0.3, -0.25) is 10.1 Å². The highest BCUT2D eigenvalue weighted by molar-refractivity contribution is 7.86. The maximum atomic E-state index is 10.9. The molecule has 0 N–H and O–H groups in total. The predicted molar refractivity (Wildman–Crippen MR) is 74.0 cm³/mol. The smallest absolute Gasteiger partial charge is 0.306 e. The van der Waals surface area contributed by atoms with Crippen molar-refractivity contribution in [3.8, 4) is 5.75 Å². The van der Waals surface area contributed by atoms with Gasteiger partial charge in [0.15, 0.2) is 5.75 Å². The van der Waals surface area contributed by atoms with Crippen LogP contribution in [-0.2, 0) is 10.1 Å². The molecule has 0 saturated heterocycles. The van der Waals surface area contributed by atoms with E-state index in [1.807, 2.05) is 13.8 Å². The number of benzene rings is 1. The number of aryl methyl sites for hydroxylation is 1. The van der Waals surface area contributed by atoms with E-state index in [2.05, 4.69) is 13.4 Å². The van der Waals surface area contributed by atoms with E-state index >= 15 is 0 Å². The first-order chi connectivity index (χ1) is 8.20. The fourth-order valence-electron chi connectivity index (χ4n) is 1.11. The van der Waals surface area contributed by atoms with E-state index < -0.39 is 15.0 Å². The molecule has 1 rings (SSSR count). The molecule has 6 nitrogen and oxygen atoms in total. The first-order valence-corrected chi connectivity index (χ1v) is 7.54. The monoisotopic (exact) mass is 293 g/mol. The van der Waals surface area contributed by atoms with Gasteiger partial charge in [0.2, 0.25) is 0 Å². The molecule has 1 aromatic rings. The molecular weight excluding hydrogens is 277 g/mol. The van der Waals surface area contributed by atoms with Crippen LogP contribution < -0.4 is 9.49 Å². The lowest BCUT2D eigenvalue weighted by atomic mass is 10.2. The van der Waals surface area contributed by atoms with E-state index in [-0.39, 0.29) is 11.4 Å². The Balaban J connectivity index is 0.00000137. The molecule has 0 fully saturated rings. The van der Waals surface area contributed by atoms with Crippen LogP contribution in [0, 0.1) is 17.0 Å². The van der Waals surface area contributed by atoms with Crippen LogP contribution in [0.1, 0.15) is 19.4 Å². The van der Waals surface area contributed by atoms with Gasteiger partial charge < -0.3 is 4.18 Å². The zero-order valence-electron chi connectivity index (χ0n) is 10.6. The van der Waals surface area contributed by atoms with Crippen LogP contribution in [0.25, 0.3) is 0 Å². The zero-order valence-corrected chi connectivity index (χ0v) is 12.6.